The van der Waals surface area contributed by atoms with E-state index in [1.807, 2.05) is 18.2 Å². The molecule has 0 aliphatic carbocycles. The molecule has 1 fully saturated rings. The van der Waals surface area contributed by atoms with Crippen molar-refractivity contribution in [1.82, 2.24) is 19.7 Å². The molecule has 1 saturated heterocycles. The van der Waals surface area contributed by atoms with Crippen molar-refractivity contribution < 1.29 is 9.59 Å². The Kier molecular flexibility index (Phi) is 5.18. The van der Waals surface area contributed by atoms with Crippen molar-refractivity contribution in [3.05, 3.63) is 69.6 Å². The van der Waals surface area contributed by atoms with Crippen LogP contribution in [0.1, 0.15) is 34.3 Å². The van der Waals surface area contributed by atoms with Crippen LogP contribution in [0.3, 0.4) is 0 Å². The lowest BCUT2D eigenvalue weighted by Crippen LogP contribution is -2.42. The van der Waals surface area contributed by atoms with Crippen LogP contribution in [0.5, 0.6) is 0 Å². The number of benzene rings is 2. The number of aromatic nitrogens is 3. The molecule has 0 bridgehead atoms. The molecule has 2 aromatic heterocycles. The van der Waals surface area contributed by atoms with Gasteiger partial charge >= 0.3 is 0 Å². The van der Waals surface area contributed by atoms with Crippen molar-refractivity contribution in [2.45, 2.75) is 25.3 Å². The average Bonchev–Trinajstić information content (AvgIpc) is 3.25. The molecule has 2 aromatic carbocycles. The van der Waals surface area contributed by atoms with E-state index in [0.717, 1.165) is 28.0 Å². The quantitative estimate of drug-likeness (QED) is 0.517. The van der Waals surface area contributed by atoms with Gasteiger partial charge in [-0.1, -0.05) is 30.3 Å². The van der Waals surface area contributed by atoms with Gasteiger partial charge in [0.2, 0.25) is 5.91 Å². The third-order valence-electron chi connectivity index (χ3n) is 5.89. The van der Waals surface area contributed by atoms with Gasteiger partial charge in [-0.2, -0.15) is 5.10 Å². The van der Waals surface area contributed by atoms with E-state index in [0.29, 0.717) is 29.8 Å². The van der Waals surface area contributed by atoms with Gasteiger partial charge in [-0.3, -0.25) is 14.4 Å². The lowest BCUT2D eigenvalue weighted by atomic mass is 9.97. The molecule has 3 heterocycles. The van der Waals surface area contributed by atoms with Crippen LogP contribution in [-0.2, 0) is 11.3 Å². The lowest BCUT2D eigenvalue weighted by molar-refractivity contribution is -0.133. The molecule has 5 rings (SSSR count). The van der Waals surface area contributed by atoms with Crippen LogP contribution >= 0.6 is 11.3 Å². The van der Waals surface area contributed by atoms with Crippen LogP contribution in [0.4, 0.5) is 0 Å². The second-order valence-corrected chi connectivity index (χ2v) is 8.96. The number of carbonyl (C=O) groups is 2. The fourth-order valence-electron chi connectivity index (χ4n) is 4.19. The molecule has 32 heavy (non-hydrogen) atoms. The Bertz CT molecular complexity index is 1370. The maximum Gasteiger partial charge on any atom is 0.275 e. The van der Waals surface area contributed by atoms with Gasteiger partial charge in [-0.15, -0.1) is 11.3 Å². The van der Waals surface area contributed by atoms with Gasteiger partial charge in [-0.25, -0.2) is 9.67 Å². The number of hydrogen-bond acceptors (Lipinski definition) is 6. The zero-order valence-electron chi connectivity index (χ0n) is 17.2. The molecule has 8 nitrogen and oxygen atoms in total. The Hall–Kier alpha value is -3.59. The second-order valence-electron chi connectivity index (χ2n) is 7.90. The van der Waals surface area contributed by atoms with Crippen LogP contribution < -0.4 is 11.3 Å². The average molecular weight is 448 g/mol. The predicted molar refractivity (Wildman–Crippen MR) is 123 cm³/mol. The van der Waals surface area contributed by atoms with E-state index in [2.05, 4.69) is 11.2 Å². The number of nitrogens with zero attached hydrogens (tertiary/aromatic N) is 4. The minimum Gasteiger partial charge on any atom is -0.364 e. The Morgan fingerprint density at radius 3 is 2.44 bits per heavy atom. The molecule has 1 aliphatic heterocycles. The minimum absolute atomic E-state index is 0.0115. The number of primary amides is 1. The van der Waals surface area contributed by atoms with Gasteiger partial charge in [0.15, 0.2) is 5.69 Å². The first-order valence-corrected chi connectivity index (χ1v) is 11.3. The summed E-state index contributed by atoms with van der Waals surface area (Å²) in [5.41, 5.74) is 6.04. The summed E-state index contributed by atoms with van der Waals surface area (Å²) in [4.78, 5) is 44.1. The molecule has 0 unspecified atom stereocenters. The molecule has 2 N–H and O–H groups in total. The van der Waals surface area contributed by atoms with Crippen LogP contribution in [0, 0.1) is 0 Å². The number of nitrogens with two attached hydrogens (primary N) is 1. The molecular formula is C23H21N5O3S. The molecule has 0 saturated carbocycles. The molecule has 0 atom stereocenters. The van der Waals surface area contributed by atoms with Crippen molar-refractivity contribution >= 4 is 44.1 Å². The van der Waals surface area contributed by atoms with E-state index in [9.17, 15) is 14.4 Å². The first kappa shape index (κ1) is 20.3. The van der Waals surface area contributed by atoms with Crippen LogP contribution in [0.25, 0.3) is 21.0 Å². The van der Waals surface area contributed by atoms with Crippen molar-refractivity contribution in [2.75, 3.05) is 13.1 Å². The molecule has 2 amide bonds. The number of carbonyl (C=O) groups excluding carboxylic acids is 2. The van der Waals surface area contributed by atoms with Gasteiger partial charge < -0.3 is 10.6 Å². The normalized spacial score (nSPS) is 14.8. The number of para-hydroxylation sites is 1. The fraction of sp³-hybridized carbons (Fsp3) is 0.261. The molecule has 162 valence electrons. The summed E-state index contributed by atoms with van der Waals surface area (Å²) >= 11 is 1.71. The number of thiazole rings is 1. The molecule has 0 spiro atoms. The fourth-order valence-corrected chi connectivity index (χ4v) is 5.33. The standard InChI is InChI=1S/C23H21N5O3S/c24-21(30)20-15-5-1-2-6-16(15)23(31)28(26-20)13-19(29)27-11-9-14(10-12-27)22-25-17-7-3-4-8-18(17)32-22/h1-8,14H,9-13H2,(H2,24,30). The van der Waals surface area contributed by atoms with E-state index in [-0.39, 0.29) is 18.1 Å². The van der Waals surface area contributed by atoms with Crippen molar-refractivity contribution in [3.8, 4) is 0 Å². The number of piperidine rings is 1. The number of fused-ring (bicyclic) bond motifs is 2. The molecule has 9 heteroatoms. The minimum atomic E-state index is -0.737. The zero-order valence-corrected chi connectivity index (χ0v) is 18.0. The van der Waals surface area contributed by atoms with Gasteiger partial charge in [0.1, 0.15) is 6.54 Å². The second kappa shape index (κ2) is 8.16. The lowest BCUT2D eigenvalue weighted by Gasteiger charge is -2.31. The van der Waals surface area contributed by atoms with E-state index in [1.54, 1.807) is 40.5 Å². The predicted octanol–water partition coefficient (Wildman–Crippen LogP) is 2.51. The van der Waals surface area contributed by atoms with Crippen molar-refractivity contribution in [1.29, 1.82) is 0 Å². The third kappa shape index (κ3) is 3.64. The van der Waals surface area contributed by atoms with Crippen LogP contribution in [-0.4, -0.2) is 44.6 Å². The number of amides is 2. The highest BCUT2D eigenvalue weighted by molar-refractivity contribution is 7.18. The van der Waals surface area contributed by atoms with Crippen LogP contribution in [0.2, 0.25) is 0 Å². The highest BCUT2D eigenvalue weighted by Gasteiger charge is 2.27. The molecule has 1 aliphatic rings. The largest absolute Gasteiger partial charge is 0.364 e. The SMILES string of the molecule is NC(=O)c1nn(CC(=O)N2CCC(c3nc4ccccc4s3)CC2)c(=O)c2ccccc12. The van der Waals surface area contributed by atoms with Crippen molar-refractivity contribution in [2.24, 2.45) is 5.73 Å². The smallest absolute Gasteiger partial charge is 0.275 e. The number of likely N-dealkylation sites (tertiary alicyclic amines) is 1. The zero-order chi connectivity index (χ0) is 22.2. The summed E-state index contributed by atoms with van der Waals surface area (Å²) in [6, 6.07) is 14.7. The van der Waals surface area contributed by atoms with Gasteiger partial charge in [0.05, 0.1) is 20.6 Å². The molecular weight excluding hydrogens is 426 g/mol. The topological polar surface area (TPSA) is 111 Å². The highest BCUT2D eigenvalue weighted by atomic mass is 32.1. The Balaban J connectivity index is 1.32. The van der Waals surface area contributed by atoms with Gasteiger partial charge in [0, 0.05) is 24.4 Å². The summed E-state index contributed by atoms with van der Waals surface area (Å²) in [6.07, 6.45) is 1.64. The maximum atomic E-state index is 12.9. The van der Waals surface area contributed by atoms with Gasteiger partial charge in [0.25, 0.3) is 11.5 Å². The van der Waals surface area contributed by atoms with E-state index in [4.69, 9.17) is 10.7 Å². The van der Waals surface area contributed by atoms with E-state index < -0.39 is 11.5 Å². The number of rotatable bonds is 4. The molecule has 4 aromatic rings. The summed E-state index contributed by atoms with van der Waals surface area (Å²) < 4.78 is 2.22. The summed E-state index contributed by atoms with van der Waals surface area (Å²) in [5.74, 6) is -0.619. The monoisotopic (exact) mass is 447 g/mol. The Labute approximate surface area is 187 Å². The van der Waals surface area contributed by atoms with Crippen molar-refractivity contribution in [3.63, 3.8) is 0 Å². The summed E-state index contributed by atoms with van der Waals surface area (Å²) in [6.45, 7) is 0.949. The third-order valence-corrected chi connectivity index (χ3v) is 7.09. The highest BCUT2D eigenvalue weighted by Crippen LogP contribution is 2.33. The Morgan fingerprint density at radius 1 is 1.03 bits per heavy atom. The maximum absolute atomic E-state index is 12.9. The first-order valence-electron chi connectivity index (χ1n) is 10.4. The summed E-state index contributed by atoms with van der Waals surface area (Å²) in [7, 11) is 0. The van der Waals surface area contributed by atoms with E-state index in [1.165, 1.54) is 4.70 Å². The summed E-state index contributed by atoms with van der Waals surface area (Å²) in [5, 5.41) is 5.92. The first-order chi connectivity index (χ1) is 15.5. The molecule has 0 radical (unpaired) electrons. The van der Waals surface area contributed by atoms with Crippen LogP contribution in [0.15, 0.2) is 53.3 Å². The number of hydrogen-bond donors (Lipinski definition) is 1. The van der Waals surface area contributed by atoms with Gasteiger partial charge in [-0.05, 0) is 31.0 Å². The van der Waals surface area contributed by atoms with E-state index >= 15 is 0 Å². The Morgan fingerprint density at radius 2 is 1.72 bits per heavy atom.